The summed E-state index contributed by atoms with van der Waals surface area (Å²) in [6.07, 6.45) is 0.231. The zero-order chi connectivity index (χ0) is 19.8. The molecule has 0 heterocycles. The predicted octanol–water partition coefficient (Wildman–Crippen LogP) is 3.77. The summed E-state index contributed by atoms with van der Waals surface area (Å²) in [6, 6.07) is 12.0. The van der Waals surface area contributed by atoms with Gasteiger partial charge in [0.1, 0.15) is 5.75 Å². The number of benzene rings is 2. The molecular weight excluding hydrogens is 401 g/mol. The monoisotopic (exact) mass is 425 g/mol. The van der Waals surface area contributed by atoms with E-state index in [1.807, 2.05) is 26.0 Å². The number of amides is 2. The molecule has 0 aliphatic heterocycles. The van der Waals surface area contributed by atoms with Crippen molar-refractivity contribution in [2.24, 2.45) is 0 Å². The molecule has 2 aromatic rings. The van der Waals surface area contributed by atoms with Crippen molar-refractivity contribution in [2.45, 2.75) is 20.3 Å². The Hall–Kier alpha value is -2.44. The first-order chi connectivity index (χ1) is 12.9. The topological polar surface area (TPSA) is 84.7 Å². The number of nitrogens with two attached hydrogens (primary N) is 1. The molecule has 2 amide bonds. The Morgan fingerprint density at radius 2 is 1.75 bits per heavy atom. The number of nitrogen functional groups attached to an aromatic ring is 1. The van der Waals surface area contributed by atoms with Crippen molar-refractivity contribution >= 4 is 47.2 Å². The molecule has 2 rings (SSSR count). The Balaban J connectivity index is 0.00000392. The lowest BCUT2D eigenvalue weighted by Gasteiger charge is -2.19. The van der Waals surface area contributed by atoms with Gasteiger partial charge >= 0.3 is 0 Å². The van der Waals surface area contributed by atoms with Crippen LogP contribution in [0.3, 0.4) is 0 Å². The summed E-state index contributed by atoms with van der Waals surface area (Å²) >= 11 is 6.21. The van der Waals surface area contributed by atoms with Gasteiger partial charge in [-0.1, -0.05) is 23.7 Å². The summed E-state index contributed by atoms with van der Waals surface area (Å²) < 4.78 is 5.50. The lowest BCUT2D eigenvalue weighted by atomic mass is 10.1. The molecule has 0 radical (unpaired) electrons. The van der Waals surface area contributed by atoms with Crippen LogP contribution in [0.1, 0.15) is 19.4 Å². The van der Waals surface area contributed by atoms with Gasteiger partial charge in [0.05, 0.1) is 11.4 Å². The van der Waals surface area contributed by atoms with Crippen molar-refractivity contribution in [3.63, 3.8) is 0 Å². The summed E-state index contributed by atoms with van der Waals surface area (Å²) in [6.45, 7) is 5.01. The van der Waals surface area contributed by atoms with Crippen LogP contribution in [-0.4, -0.2) is 36.4 Å². The Kier molecular flexibility index (Phi) is 9.62. The van der Waals surface area contributed by atoms with Gasteiger partial charge in [0.25, 0.3) is 5.91 Å². The van der Waals surface area contributed by atoms with Crippen LogP contribution in [0, 0.1) is 0 Å². The van der Waals surface area contributed by atoms with Crippen LogP contribution >= 0.6 is 24.0 Å². The van der Waals surface area contributed by atoms with Crippen LogP contribution in [0.25, 0.3) is 0 Å². The third-order valence-corrected chi connectivity index (χ3v) is 4.32. The highest BCUT2D eigenvalue weighted by atomic mass is 35.5. The molecule has 152 valence electrons. The highest BCUT2D eigenvalue weighted by Crippen LogP contribution is 2.27. The Bertz CT molecular complexity index is 794. The summed E-state index contributed by atoms with van der Waals surface area (Å²) in [5.74, 6) is 0.131. The van der Waals surface area contributed by atoms with E-state index in [0.717, 1.165) is 5.56 Å². The van der Waals surface area contributed by atoms with E-state index < -0.39 is 0 Å². The number of ether oxygens (including phenoxy) is 1. The summed E-state index contributed by atoms with van der Waals surface area (Å²) in [5.41, 5.74) is 7.71. The fourth-order valence-electron chi connectivity index (χ4n) is 2.53. The molecule has 0 spiro atoms. The lowest BCUT2D eigenvalue weighted by Crippen LogP contribution is -2.34. The largest absolute Gasteiger partial charge is 0.482 e. The highest BCUT2D eigenvalue weighted by Gasteiger charge is 2.12. The molecule has 28 heavy (non-hydrogen) atoms. The Labute approximate surface area is 176 Å². The van der Waals surface area contributed by atoms with Crippen LogP contribution < -0.4 is 15.8 Å². The number of hydrogen-bond donors (Lipinski definition) is 2. The maximum Gasteiger partial charge on any atom is 0.260 e. The van der Waals surface area contributed by atoms with E-state index in [1.54, 1.807) is 35.2 Å². The van der Waals surface area contributed by atoms with Crippen molar-refractivity contribution in [3.8, 4) is 5.75 Å². The minimum absolute atomic E-state index is 0. The molecule has 0 aliphatic carbocycles. The maximum absolute atomic E-state index is 12.2. The normalized spacial score (nSPS) is 9.96. The fourth-order valence-corrected chi connectivity index (χ4v) is 2.76. The van der Waals surface area contributed by atoms with E-state index in [4.69, 9.17) is 22.1 Å². The quantitative estimate of drug-likeness (QED) is 0.630. The zero-order valence-corrected chi connectivity index (χ0v) is 17.5. The van der Waals surface area contributed by atoms with Gasteiger partial charge in [-0.2, -0.15) is 0 Å². The number of anilines is 2. The lowest BCUT2D eigenvalue weighted by molar-refractivity contribution is -0.133. The second-order valence-electron chi connectivity index (χ2n) is 5.97. The molecule has 0 aromatic heterocycles. The van der Waals surface area contributed by atoms with Gasteiger partial charge in [0.2, 0.25) is 5.91 Å². The van der Waals surface area contributed by atoms with Gasteiger partial charge in [-0.3, -0.25) is 9.59 Å². The average Bonchev–Trinajstić information content (AvgIpc) is 2.64. The second-order valence-corrected chi connectivity index (χ2v) is 6.37. The van der Waals surface area contributed by atoms with Crippen molar-refractivity contribution in [2.75, 3.05) is 30.7 Å². The molecule has 8 heteroatoms. The van der Waals surface area contributed by atoms with Crippen molar-refractivity contribution in [1.29, 1.82) is 0 Å². The first-order valence-corrected chi connectivity index (χ1v) is 9.15. The number of likely N-dealkylation sites (N-methyl/N-ethyl adjacent to an activating group) is 1. The standard InChI is InChI=1S/C20H24ClN3O3.ClH/c1-3-24(4-2)20(26)13-27-18-10-9-16(12-17(18)21)23-19(25)11-14-5-7-15(22)8-6-14;/h5-10,12H,3-4,11,13,22H2,1-2H3,(H,23,25);1H. The molecule has 3 N–H and O–H groups in total. The van der Waals surface area contributed by atoms with Gasteiger partial charge in [-0.25, -0.2) is 0 Å². The number of carbonyl (C=O) groups is 2. The van der Waals surface area contributed by atoms with Gasteiger partial charge < -0.3 is 20.7 Å². The number of carbonyl (C=O) groups excluding carboxylic acids is 2. The summed E-state index contributed by atoms with van der Waals surface area (Å²) in [7, 11) is 0. The van der Waals surface area contributed by atoms with Crippen LogP contribution in [0.15, 0.2) is 42.5 Å². The minimum atomic E-state index is -0.166. The van der Waals surface area contributed by atoms with Gasteiger partial charge in [-0.15, -0.1) is 12.4 Å². The average molecular weight is 426 g/mol. The fraction of sp³-hybridized carbons (Fsp3) is 0.300. The van der Waals surface area contributed by atoms with E-state index in [9.17, 15) is 9.59 Å². The summed E-state index contributed by atoms with van der Waals surface area (Å²) in [4.78, 5) is 25.8. The van der Waals surface area contributed by atoms with Crippen molar-refractivity contribution in [1.82, 2.24) is 4.90 Å². The Morgan fingerprint density at radius 3 is 2.32 bits per heavy atom. The van der Waals surface area contributed by atoms with E-state index in [1.165, 1.54) is 0 Å². The maximum atomic E-state index is 12.2. The zero-order valence-electron chi connectivity index (χ0n) is 15.9. The highest BCUT2D eigenvalue weighted by molar-refractivity contribution is 6.32. The van der Waals surface area contributed by atoms with Gasteiger partial charge in [0.15, 0.2) is 6.61 Å². The molecule has 0 fully saturated rings. The molecule has 0 unspecified atom stereocenters. The molecule has 6 nitrogen and oxygen atoms in total. The molecule has 0 aliphatic rings. The van der Waals surface area contributed by atoms with Gasteiger partial charge in [-0.05, 0) is 49.7 Å². The number of hydrogen-bond acceptors (Lipinski definition) is 4. The van der Waals surface area contributed by atoms with E-state index >= 15 is 0 Å². The first kappa shape index (κ1) is 23.6. The van der Waals surface area contributed by atoms with Gasteiger partial charge in [0, 0.05) is 24.5 Å². The smallest absolute Gasteiger partial charge is 0.260 e. The molecule has 0 bridgehead atoms. The van der Waals surface area contributed by atoms with Crippen LogP contribution in [-0.2, 0) is 16.0 Å². The second kappa shape index (κ2) is 11.4. The van der Waals surface area contributed by atoms with E-state index in [0.29, 0.717) is 35.2 Å². The number of nitrogens with zero attached hydrogens (tertiary/aromatic N) is 1. The third kappa shape index (κ3) is 6.94. The molecule has 0 saturated heterocycles. The van der Waals surface area contributed by atoms with Crippen LogP contribution in [0.2, 0.25) is 5.02 Å². The number of rotatable bonds is 8. The predicted molar refractivity (Wildman–Crippen MR) is 115 cm³/mol. The minimum Gasteiger partial charge on any atom is -0.482 e. The number of halogens is 2. The Morgan fingerprint density at radius 1 is 1.11 bits per heavy atom. The SMILES string of the molecule is CCN(CC)C(=O)COc1ccc(NC(=O)Cc2ccc(N)cc2)cc1Cl.Cl. The van der Waals surface area contributed by atoms with E-state index in [2.05, 4.69) is 5.32 Å². The first-order valence-electron chi connectivity index (χ1n) is 8.77. The van der Waals surface area contributed by atoms with Crippen LogP contribution in [0.4, 0.5) is 11.4 Å². The molecular formula is C20H25Cl2N3O3. The van der Waals surface area contributed by atoms with Crippen molar-refractivity contribution < 1.29 is 14.3 Å². The number of nitrogens with one attached hydrogen (secondary N) is 1. The molecule has 2 aromatic carbocycles. The summed E-state index contributed by atoms with van der Waals surface area (Å²) in [5, 5.41) is 3.12. The third-order valence-electron chi connectivity index (χ3n) is 4.03. The van der Waals surface area contributed by atoms with E-state index in [-0.39, 0.29) is 37.2 Å². The van der Waals surface area contributed by atoms with Crippen LogP contribution in [0.5, 0.6) is 5.75 Å². The van der Waals surface area contributed by atoms with Crippen molar-refractivity contribution in [3.05, 3.63) is 53.1 Å². The molecule has 0 atom stereocenters. The molecule has 0 saturated carbocycles.